The van der Waals surface area contributed by atoms with Crippen LogP contribution >= 0.6 is 0 Å². The van der Waals surface area contributed by atoms with Crippen LogP contribution in [-0.4, -0.2) is 55.3 Å². The summed E-state index contributed by atoms with van der Waals surface area (Å²) in [6.45, 7) is 4.59. The Balaban J connectivity index is 2.18. The molecular weight excluding hydrogens is 208 g/mol. The van der Waals surface area contributed by atoms with E-state index in [0.717, 1.165) is 26.0 Å². The number of hydrogen-bond acceptors (Lipinski definition) is 4. The summed E-state index contributed by atoms with van der Waals surface area (Å²) in [6, 6.07) is 0.207. The molecule has 92 valence electrons. The van der Waals surface area contributed by atoms with Gasteiger partial charge in [0.1, 0.15) is 0 Å². The highest BCUT2D eigenvalue weighted by Gasteiger charge is 2.10. The minimum Gasteiger partial charge on any atom is -0.501 e. The largest absolute Gasteiger partial charge is 0.501 e. The number of rotatable bonds is 8. The number of hydrogen-bond donors (Lipinski definition) is 2. The van der Waals surface area contributed by atoms with Gasteiger partial charge in [-0.05, 0) is 12.5 Å². The molecule has 1 atom stereocenters. The lowest BCUT2D eigenvalue weighted by Gasteiger charge is -2.21. The van der Waals surface area contributed by atoms with Gasteiger partial charge in [-0.15, -0.1) is 0 Å². The molecule has 16 heavy (non-hydrogen) atoms. The van der Waals surface area contributed by atoms with Crippen molar-refractivity contribution in [2.75, 3.05) is 32.8 Å². The number of nitrogens with zero attached hydrogens (tertiary/aromatic N) is 1. The van der Waals surface area contributed by atoms with Gasteiger partial charge in [0.2, 0.25) is 6.41 Å². The number of amides is 1. The quantitative estimate of drug-likeness (QED) is 0.561. The van der Waals surface area contributed by atoms with E-state index in [-0.39, 0.29) is 12.6 Å². The van der Waals surface area contributed by atoms with Gasteiger partial charge in [0, 0.05) is 32.1 Å². The van der Waals surface area contributed by atoms with E-state index in [1.165, 1.54) is 5.57 Å². The third-order valence-electron chi connectivity index (χ3n) is 2.51. The fourth-order valence-corrected chi connectivity index (χ4v) is 1.59. The van der Waals surface area contributed by atoms with Crippen molar-refractivity contribution in [3.05, 3.63) is 11.8 Å². The fraction of sp³-hybridized carbons (Fsp3) is 0.727. The van der Waals surface area contributed by atoms with Crippen LogP contribution in [0, 0.1) is 0 Å². The van der Waals surface area contributed by atoms with Crippen LogP contribution in [0.25, 0.3) is 0 Å². The lowest BCUT2D eigenvalue weighted by atomic mass is 10.2. The average molecular weight is 228 g/mol. The molecule has 1 amide bonds. The lowest BCUT2D eigenvalue weighted by molar-refractivity contribution is -0.118. The Morgan fingerprint density at radius 3 is 3.12 bits per heavy atom. The maximum absolute atomic E-state index is 10.6. The molecule has 1 aliphatic heterocycles. The minimum atomic E-state index is 0.00442. The maximum atomic E-state index is 10.6. The van der Waals surface area contributed by atoms with Crippen molar-refractivity contribution >= 4 is 6.41 Å². The summed E-state index contributed by atoms with van der Waals surface area (Å²) in [5, 5.41) is 12.1. The first-order chi connectivity index (χ1) is 7.76. The van der Waals surface area contributed by atoms with E-state index < -0.39 is 0 Å². The topological polar surface area (TPSA) is 61.8 Å². The molecule has 0 aromatic rings. The Hall–Kier alpha value is -1.07. The molecule has 0 aromatic carbocycles. The first-order valence-corrected chi connectivity index (χ1v) is 5.59. The van der Waals surface area contributed by atoms with Crippen molar-refractivity contribution < 1.29 is 14.6 Å². The second kappa shape index (κ2) is 7.24. The van der Waals surface area contributed by atoms with Crippen molar-refractivity contribution in [1.29, 1.82) is 0 Å². The molecule has 1 heterocycles. The Morgan fingerprint density at radius 2 is 2.56 bits per heavy atom. The highest BCUT2D eigenvalue weighted by atomic mass is 16.5. The van der Waals surface area contributed by atoms with Gasteiger partial charge in [-0.3, -0.25) is 4.79 Å². The molecule has 1 aliphatic rings. The maximum Gasteiger partial charge on any atom is 0.209 e. The van der Waals surface area contributed by atoms with Crippen molar-refractivity contribution in [2.45, 2.75) is 19.4 Å². The molecule has 0 aliphatic carbocycles. The first kappa shape index (κ1) is 13.0. The monoisotopic (exact) mass is 228 g/mol. The molecule has 5 heteroatoms. The predicted molar refractivity (Wildman–Crippen MR) is 60.8 cm³/mol. The van der Waals surface area contributed by atoms with Gasteiger partial charge in [0.05, 0.1) is 19.5 Å². The van der Waals surface area contributed by atoms with Crippen LogP contribution in [0.5, 0.6) is 0 Å². The number of carbonyl (C=O) groups excluding carboxylic acids is 1. The van der Waals surface area contributed by atoms with E-state index >= 15 is 0 Å². The van der Waals surface area contributed by atoms with Crippen molar-refractivity contribution in [3.63, 3.8) is 0 Å². The van der Waals surface area contributed by atoms with E-state index in [1.54, 1.807) is 11.2 Å². The van der Waals surface area contributed by atoms with E-state index in [2.05, 4.69) is 5.32 Å². The third-order valence-corrected chi connectivity index (χ3v) is 2.51. The Kier molecular flexibility index (Phi) is 5.88. The Morgan fingerprint density at radius 1 is 1.75 bits per heavy atom. The zero-order valence-electron chi connectivity index (χ0n) is 9.69. The van der Waals surface area contributed by atoms with E-state index in [4.69, 9.17) is 9.84 Å². The van der Waals surface area contributed by atoms with Crippen LogP contribution in [-0.2, 0) is 9.53 Å². The summed E-state index contributed by atoms with van der Waals surface area (Å²) >= 11 is 0. The second-order valence-corrected chi connectivity index (χ2v) is 4.00. The molecule has 1 unspecified atom stereocenters. The summed E-state index contributed by atoms with van der Waals surface area (Å²) in [5.41, 5.74) is 1.26. The first-order valence-electron chi connectivity index (χ1n) is 5.59. The lowest BCUT2D eigenvalue weighted by Crippen LogP contribution is -2.40. The van der Waals surface area contributed by atoms with Crippen molar-refractivity contribution in [1.82, 2.24) is 10.2 Å². The molecule has 5 nitrogen and oxygen atoms in total. The highest BCUT2D eigenvalue weighted by molar-refractivity contribution is 5.46. The molecule has 1 rings (SSSR count). The van der Waals surface area contributed by atoms with Gasteiger partial charge >= 0.3 is 0 Å². The number of aliphatic hydroxyl groups is 1. The van der Waals surface area contributed by atoms with Crippen LogP contribution in [0.3, 0.4) is 0 Å². The molecule has 0 saturated heterocycles. The van der Waals surface area contributed by atoms with Crippen LogP contribution in [0.4, 0.5) is 0 Å². The number of ether oxygens (including phenoxy) is 1. The standard InChI is InChI=1S/C11H20N2O3/c1-10(7-13(9-15)3-4-14)12-6-11-2-5-16-8-11/h8-10,12,14H,2-7H2,1H3. The van der Waals surface area contributed by atoms with E-state index in [1.807, 2.05) is 6.92 Å². The zero-order valence-corrected chi connectivity index (χ0v) is 9.69. The van der Waals surface area contributed by atoms with Gasteiger partial charge in [0.15, 0.2) is 0 Å². The van der Waals surface area contributed by atoms with Crippen LogP contribution in [0.15, 0.2) is 11.8 Å². The van der Waals surface area contributed by atoms with Crippen LogP contribution in [0.1, 0.15) is 13.3 Å². The number of carbonyl (C=O) groups is 1. The SMILES string of the molecule is CC(CN(C=O)CCO)NCC1=COCC1. The molecule has 0 saturated carbocycles. The molecule has 0 radical (unpaired) electrons. The summed E-state index contributed by atoms with van der Waals surface area (Å²) in [4.78, 5) is 12.2. The molecule has 0 aromatic heterocycles. The highest BCUT2D eigenvalue weighted by Crippen LogP contribution is 2.08. The van der Waals surface area contributed by atoms with Gasteiger partial charge < -0.3 is 20.1 Å². The smallest absolute Gasteiger partial charge is 0.209 e. The molecule has 0 spiro atoms. The van der Waals surface area contributed by atoms with Gasteiger partial charge in [-0.25, -0.2) is 0 Å². The minimum absolute atomic E-state index is 0.00442. The summed E-state index contributed by atoms with van der Waals surface area (Å²) < 4.78 is 5.13. The molecule has 0 fully saturated rings. The van der Waals surface area contributed by atoms with Gasteiger partial charge in [-0.1, -0.05) is 0 Å². The van der Waals surface area contributed by atoms with Gasteiger partial charge in [-0.2, -0.15) is 0 Å². The number of aliphatic hydroxyl groups excluding tert-OH is 1. The van der Waals surface area contributed by atoms with E-state index in [0.29, 0.717) is 13.1 Å². The van der Waals surface area contributed by atoms with Crippen molar-refractivity contribution in [3.8, 4) is 0 Å². The normalized spacial score (nSPS) is 16.5. The third kappa shape index (κ3) is 4.63. The van der Waals surface area contributed by atoms with Gasteiger partial charge in [0.25, 0.3) is 0 Å². The molecule has 0 bridgehead atoms. The average Bonchev–Trinajstić information content (AvgIpc) is 2.78. The van der Waals surface area contributed by atoms with Crippen LogP contribution < -0.4 is 5.32 Å². The van der Waals surface area contributed by atoms with Crippen LogP contribution in [0.2, 0.25) is 0 Å². The van der Waals surface area contributed by atoms with E-state index in [9.17, 15) is 4.79 Å². The zero-order chi connectivity index (χ0) is 11.8. The fourth-order valence-electron chi connectivity index (χ4n) is 1.59. The predicted octanol–water partition coefficient (Wildman–Crippen LogP) is -0.281. The summed E-state index contributed by atoms with van der Waals surface area (Å²) in [7, 11) is 0. The molecular formula is C11H20N2O3. The summed E-state index contributed by atoms with van der Waals surface area (Å²) in [6.07, 6.45) is 3.55. The van der Waals surface area contributed by atoms with Crippen molar-refractivity contribution in [2.24, 2.45) is 0 Å². The second-order valence-electron chi connectivity index (χ2n) is 4.00. The Labute approximate surface area is 96.1 Å². The Bertz CT molecular complexity index is 243. The molecule has 2 N–H and O–H groups in total. The summed E-state index contributed by atoms with van der Waals surface area (Å²) in [5.74, 6) is 0. The number of nitrogens with one attached hydrogen (secondary N) is 1.